The standard InChI is InChI=1S/C35H40N2O6S/c1-3-41-32-11-6-26(7-12-32)27-8-13-33-29(22-27)23-28(16-21-44(33,39)40)34(38)36-30-9-4-25(5-10-30)24-37(2)31-14-17-35(18-15-31)42-19-20-43-35/h4-13,22-23,31H,3,14-21,24H2,1-2H3,(H,36,38). The van der Waals surface area contributed by atoms with Crippen molar-refractivity contribution < 1.29 is 27.4 Å². The SMILES string of the molecule is CCOc1ccc(-c2ccc3c(c2)C=C(C(=O)Nc2ccc(CN(C)C4CCC5(CC4)OCCO5)cc2)CCS3(=O)=O)cc1. The van der Waals surface area contributed by atoms with E-state index in [1.807, 2.05) is 67.6 Å². The zero-order valence-corrected chi connectivity index (χ0v) is 26.2. The molecule has 6 rings (SSSR count). The number of hydrogen-bond acceptors (Lipinski definition) is 7. The summed E-state index contributed by atoms with van der Waals surface area (Å²) in [5.74, 6) is 0.0130. The quantitative estimate of drug-likeness (QED) is 0.328. The molecular weight excluding hydrogens is 576 g/mol. The molecule has 8 nitrogen and oxygen atoms in total. The highest BCUT2D eigenvalue weighted by atomic mass is 32.2. The lowest BCUT2D eigenvalue weighted by Gasteiger charge is -2.39. The molecule has 0 atom stereocenters. The summed E-state index contributed by atoms with van der Waals surface area (Å²) in [6.45, 7) is 4.72. The second kappa shape index (κ2) is 12.9. The summed E-state index contributed by atoms with van der Waals surface area (Å²) in [6.07, 6.45) is 5.80. The third kappa shape index (κ3) is 6.76. The van der Waals surface area contributed by atoms with Crippen LogP contribution in [-0.2, 0) is 30.7 Å². The van der Waals surface area contributed by atoms with E-state index < -0.39 is 9.84 Å². The summed E-state index contributed by atoms with van der Waals surface area (Å²) in [5, 5.41) is 2.98. The second-order valence-corrected chi connectivity index (χ2v) is 13.9. The Labute approximate surface area is 259 Å². The van der Waals surface area contributed by atoms with Gasteiger partial charge in [0.2, 0.25) is 0 Å². The summed E-state index contributed by atoms with van der Waals surface area (Å²) in [5.41, 5.74) is 4.60. The van der Waals surface area contributed by atoms with Crippen LogP contribution in [0, 0.1) is 0 Å². The minimum absolute atomic E-state index is 0.118. The van der Waals surface area contributed by atoms with Gasteiger partial charge in [0, 0.05) is 36.7 Å². The van der Waals surface area contributed by atoms with E-state index >= 15 is 0 Å². The van der Waals surface area contributed by atoms with Gasteiger partial charge in [-0.25, -0.2) is 8.42 Å². The number of benzene rings is 3. The van der Waals surface area contributed by atoms with Crippen LogP contribution in [0.5, 0.6) is 5.75 Å². The van der Waals surface area contributed by atoms with Crippen LogP contribution >= 0.6 is 0 Å². The number of carbonyl (C=O) groups is 1. The molecular formula is C35H40N2O6S. The number of amides is 1. The first-order valence-corrected chi connectivity index (χ1v) is 17.1. The molecule has 1 spiro atoms. The number of ether oxygens (including phenoxy) is 3. The molecule has 0 radical (unpaired) electrons. The Morgan fingerprint density at radius 1 is 0.977 bits per heavy atom. The maximum absolute atomic E-state index is 13.4. The van der Waals surface area contributed by atoms with Gasteiger partial charge in [-0.15, -0.1) is 0 Å². The van der Waals surface area contributed by atoms with Crippen LogP contribution in [0.2, 0.25) is 0 Å². The monoisotopic (exact) mass is 616 g/mol. The Balaban J connectivity index is 1.12. The van der Waals surface area contributed by atoms with E-state index in [1.54, 1.807) is 12.1 Å². The van der Waals surface area contributed by atoms with Crippen LogP contribution in [0.25, 0.3) is 17.2 Å². The molecule has 1 amide bonds. The third-order valence-corrected chi connectivity index (χ3v) is 10.7. The van der Waals surface area contributed by atoms with Crippen molar-refractivity contribution in [2.24, 2.45) is 0 Å². The van der Waals surface area contributed by atoms with E-state index in [2.05, 4.69) is 17.3 Å². The van der Waals surface area contributed by atoms with Crippen LogP contribution < -0.4 is 10.1 Å². The van der Waals surface area contributed by atoms with Crippen molar-refractivity contribution in [2.45, 2.75) is 62.3 Å². The first-order chi connectivity index (χ1) is 21.2. The number of nitrogens with zero attached hydrogens (tertiary/aromatic N) is 1. The van der Waals surface area contributed by atoms with Gasteiger partial charge in [-0.2, -0.15) is 0 Å². The Morgan fingerprint density at radius 3 is 2.34 bits per heavy atom. The Morgan fingerprint density at radius 2 is 1.66 bits per heavy atom. The molecule has 1 saturated carbocycles. The van der Waals surface area contributed by atoms with Gasteiger partial charge in [0.15, 0.2) is 15.6 Å². The second-order valence-electron chi connectivity index (χ2n) is 11.9. The van der Waals surface area contributed by atoms with Gasteiger partial charge >= 0.3 is 0 Å². The van der Waals surface area contributed by atoms with Crippen molar-refractivity contribution in [3.8, 4) is 16.9 Å². The molecule has 1 N–H and O–H groups in total. The Kier molecular flexibility index (Phi) is 8.91. The third-order valence-electron chi connectivity index (χ3n) is 8.90. The molecule has 1 saturated heterocycles. The highest BCUT2D eigenvalue weighted by Crippen LogP contribution is 2.37. The van der Waals surface area contributed by atoms with Crippen LogP contribution in [0.15, 0.2) is 77.2 Å². The molecule has 232 valence electrons. The molecule has 44 heavy (non-hydrogen) atoms. The summed E-state index contributed by atoms with van der Waals surface area (Å²) >= 11 is 0. The summed E-state index contributed by atoms with van der Waals surface area (Å²) in [4.78, 5) is 16.0. The first kappa shape index (κ1) is 30.5. The lowest BCUT2D eigenvalue weighted by Crippen LogP contribution is -2.42. The lowest BCUT2D eigenvalue weighted by molar-refractivity contribution is -0.183. The summed E-state index contributed by atoms with van der Waals surface area (Å²) in [6, 6.07) is 21.3. The van der Waals surface area contributed by atoms with Gasteiger partial charge in [-0.1, -0.05) is 30.3 Å². The van der Waals surface area contributed by atoms with E-state index in [0.29, 0.717) is 42.7 Å². The van der Waals surface area contributed by atoms with Gasteiger partial charge in [-0.05, 0) is 98.0 Å². The number of nitrogens with one attached hydrogen (secondary N) is 1. The molecule has 0 unspecified atom stereocenters. The fourth-order valence-electron chi connectivity index (χ4n) is 6.42. The van der Waals surface area contributed by atoms with Gasteiger partial charge in [0.05, 0.1) is 30.5 Å². The van der Waals surface area contributed by atoms with Crippen molar-refractivity contribution >= 4 is 27.5 Å². The van der Waals surface area contributed by atoms with E-state index in [4.69, 9.17) is 14.2 Å². The fourth-order valence-corrected chi connectivity index (χ4v) is 7.88. The van der Waals surface area contributed by atoms with Crippen LogP contribution in [-0.4, -0.2) is 63.7 Å². The number of fused-ring (bicyclic) bond motifs is 1. The topological polar surface area (TPSA) is 94.2 Å². The molecule has 1 aliphatic carbocycles. The minimum atomic E-state index is -3.53. The smallest absolute Gasteiger partial charge is 0.251 e. The average molecular weight is 617 g/mol. The number of hydrogen-bond donors (Lipinski definition) is 1. The summed E-state index contributed by atoms with van der Waals surface area (Å²) in [7, 11) is -1.38. The highest BCUT2D eigenvalue weighted by molar-refractivity contribution is 7.91. The van der Waals surface area contributed by atoms with Crippen molar-refractivity contribution in [2.75, 3.05) is 37.9 Å². The number of sulfone groups is 1. The van der Waals surface area contributed by atoms with Crippen molar-refractivity contribution in [3.05, 3.63) is 83.4 Å². The van der Waals surface area contributed by atoms with Gasteiger partial charge in [0.1, 0.15) is 5.75 Å². The van der Waals surface area contributed by atoms with Gasteiger partial charge in [-0.3, -0.25) is 9.69 Å². The van der Waals surface area contributed by atoms with Gasteiger partial charge < -0.3 is 19.5 Å². The van der Waals surface area contributed by atoms with E-state index in [1.165, 1.54) is 0 Å². The Hall–Kier alpha value is -3.50. The van der Waals surface area contributed by atoms with E-state index in [0.717, 1.165) is 54.7 Å². The minimum Gasteiger partial charge on any atom is -0.494 e. The van der Waals surface area contributed by atoms with Crippen molar-refractivity contribution in [3.63, 3.8) is 0 Å². The van der Waals surface area contributed by atoms with E-state index in [-0.39, 0.29) is 28.8 Å². The largest absolute Gasteiger partial charge is 0.494 e. The maximum Gasteiger partial charge on any atom is 0.251 e. The Bertz CT molecular complexity index is 1620. The number of anilines is 1. The van der Waals surface area contributed by atoms with Crippen molar-refractivity contribution in [1.29, 1.82) is 0 Å². The zero-order chi connectivity index (χ0) is 30.7. The molecule has 0 aromatic heterocycles. The maximum atomic E-state index is 13.4. The number of carbonyl (C=O) groups excluding carboxylic acids is 1. The molecule has 9 heteroatoms. The van der Waals surface area contributed by atoms with Crippen molar-refractivity contribution in [1.82, 2.24) is 4.90 Å². The molecule has 3 aromatic rings. The molecule has 3 aliphatic rings. The van der Waals surface area contributed by atoms with Crippen LogP contribution in [0.1, 0.15) is 50.2 Å². The van der Waals surface area contributed by atoms with E-state index in [9.17, 15) is 13.2 Å². The zero-order valence-electron chi connectivity index (χ0n) is 25.4. The predicted octanol–water partition coefficient (Wildman–Crippen LogP) is 6.07. The van der Waals surface area contributed by atoms with Crippen LogP contribution in [0.4, 0.5) is 5.69 Å². The highest BCUT2D eigenvalue weighted by Gasteiger charge is 2.41. The normalized spacial score (nSPS) is 19.3. The van der Waals surface area contributed by atoms with Crippen LogP contribution in [0.3, 0.4) is 0 Å². The van der Waals surface area contributed by atoms with Gasteiger partial charge in [0.25, 0.3) is 5.91 Å². The predicted molar refractivity (Wildman–Crippen MR) is 171 cm³/mol. The molecule has 2 fully saturated rings. The lowest BCUT2D eigenvalue weighted by atomic mass is 9.89. The number of rotatable bonds is 8. The first-order valence-electron chi connectivity index (χ1n) is 15.4. The molecule has 0 bridgehead atoms. The average Bonchev–Trinajstić information content (AvgIpc) is 3.42. The molecule has 2 aliphatic heterocycles. The fraction of sp³-hybridized carbons (Fsp3) is 0.400. The molecule has 3 aromatic carbocycles. The molecule has 2 heterocycles. The summed E-state index contributed by atoms with van der Waals surface area (Å²) < 4.78 is 43.5.